The molecule has 0 unspecified atom stereocenters. The van der Waals surface area contributed by atoms with Gasteiger partial charge < -0.3 is 16.0 Å². The topological polar surface area (TPSA) is 61.6 Å². The number of benzene rings is 2. The molecule has 1 amide bonds. The number of carbonyl (C=O) groups excluding carboxylic acids is 1. The quantitative estimate of drug-likeness (QED) is 0.838. The minimum absolute atomic E-state index is 0.0489. The molecule has 0 bridgehead atoms. The lowest BCUT2D eigenvalue weighted by atomic mass is 10.2. The Labute approximate surface area is 147 Å². The standard InChI is InChI=1S/C19H23FN4O/c1-14-12-15(21)6-7-17(14)22-19(25)13-23-8-10-24(11-9-23)18-5-3-2-4-16(18)20/h2-7,12H,8-11,13,21H2,1H3,(H,22,25). The molecule has 6 heteroatoms. The van der Waals surface area contributed by atoms with E-state index in [1.54, 1.807) is 18.2 Å². The molecule has 0 spiro atoms. The highest BCUT2D eigenvalue weighted by atomic mass is 19.1. The van der Waals surface area contributed by atoms with Gasteiger partial charge in [0.15, 0.2) is 0 Å². The number of amides is 1. The van der Waals surface area contributed by atoms with Crippen molar-refractivity contribution in [1.82, 2.24) is 4.90 Å². The van der Waals surface area contributed by atoms with E-state index >= 15 is 0 Å². The molecule has 5 nitrogen and oxygen atoms in total. The Morgan fingerprint density at radius 3 is 2.56 bits per heavy atom. The fraction of sp³-hybridized carbons (Fsp3) is 0.316. The fourth-order valence-electron chi connectivity index (χ4n) is 3.08. The van der Waals surface area contributed by atoms with Gasteiger partial charge in [-0.25, -0.2) is 4.39 Å². The molecule has 25 heavy (non-hydrogen) atoms. The molecule has 3 rings (SSSR count). The first-order valence-corrected chi connectivity index (χ1v) is 8.41. The summed E-state index contributed by atoms with van der Waals surface area (Å²) in [5.74, 6) is -0.250. The molecular formula is C19H23FN4O. The monoisotopic (exact) mass is 342 g/mol. The van der Waals surface area contributed by atoms with Crippen molar-refractivity contribution in [2.75, 3.05) is 48.7 Å². The second kappa shape index (κ2) is 7.53. The molecule has 0 saturated carbocycles. The molecule has 132 valence electrons. The van der Waals surface area contributed by atoms with Gasteiger partial charge in [0.05, 0.1) is 12.2 Å². The van der Waals surface area contributed by atoms with Crippen LogP contribution in [0.2, 0.25) is 0 Å². The number of rotatable bonds is 4. The maximum atomic E-state index is 13.9. The third-order valence-corrected chi connectivity index (χ3v) is 4.46. The highest BCUT2D eigenvalue weighted by molar-refractivity contribution is 5.93. The number of nitrogen functional groups attached to an aromatic ring is 1. The number of anilines is 3. The Morgan fingerprint density at radius 2 is 1.88 bits per heavy atom. The molecule has 1 aliphatic rings. The Bertz CT molecular complexity index is 757. The molecule has 0 aliphatic carbocycles. The van der Waals surface area contributed by atoms with Gasteiger partial charge in [-0.05, 0) is 42.8 Å². The predicted octanol–water partition coefficient (Wildman–Crippen LogP) is 2.48. The third-order valence-electron chi connectivity index (χ3n) is 4.46. The molecule has 1 heterocycles. The number of nitrogens with two attached hydrogens (primary N) is 1. The highest BCUT2D eigenvalue weighted by Crippen LogP contribution is 2.20. The maximum Gasteiger partial charge on any atom is 0.238 e. The van der Waals surface area contributed by atoms with Crippen LogP contribution < -0.4 is 16.0 Å². The summed E-state index contributed by atoms with van der Waals surface area (Å²) >= 11 is 0. The van der Waals surface area contributed by atoms with Crippen LogP contribution in [-0.4, -0.2) is 43.5 Å². The zero-order chi connectivity index (χ0) is 17.8. The van der Waals surface area contributed by atoms with E-state index in [1.807, 2.05) is 30.0 Å². The number of nitrogens with zero attached hydrogens (tertiary/aromatic N) is 2. The van der Waals surface area contributed by atoms with E-state index in [1.165, 1.54) is 6.07 Å². The van der Waals surface area contributed by atoms with Gasteiger partial charge in [0.2, 0.25) is 5.91 Å². The summed E-state index contributed by atoms with van der Waals surface area (Å²) in [5, 5.41) is 2.93. The smallest absolute Gasteiger partial charge is 0.238 e. The van der Waals surface area contributed by atoms with E-state index in [2.05, 4.69) is 10.2 Å². The van der Waals surface area contributed by atoms with Crippen LogP contribution in [0.4, 0.5) is 21.5 Å². The normalized spacial score (nSPS) is 15.2. The fourth-order valence-corrected chi connectivity index (χ4v) is 3.08. The van der Waals surface area contributed by atoms with Crippen molar-refractivity contribution in [3.05, 3.63) is 53.8 Å². The Kier molecular flexibility index (Phi) is 5.19. The second-order valence-corrected chi connectivity index (χ2v) is 6.34. The molecule has 3 N–H and O–H groups in total. The van der Waals surface area contributed by atoms with Gasteiger partial charge in [0, 0.05) is 37.6 Å². The Morgan fingerprint density at radius 1 is 1.16 bits per heavy atom. The molecule has 1 saturated heterocycles. The van der Waals surface area contributed by atoms with Crippen LogP contribution in [0.3, 0.4) is 0 Å². The number of carbonyl (C=O) groups is 1. The summed E-state index contributed by atoms with van der Waals surface area (Å²) in [4.78, 5) is 16.4. The van der Waals surface area contributed by atoms with Crippen LogP contribution in [0, 0.1) is 12.7 Å². The number of nitrogens with one attached hydrogen (secondary N) is 1. The van der Waals surface area contributed by atoms with E-state index in [9.17, 15) is 9.18 Å². The predicted molar refractivity (Wildman–Crippen MR) is 99.3 cm³/mol. The van der Waals surface area contributed by atoms with E-state index in [4.69, 9.17) is 5.73 Å². The maximum absolute atomic E-state index is 13.9. The zero-order valence-electron chi connectivity index (χ0n) is 14.3. The van der Waals surface area contributed by atoms with E-state index in [-0.39, 0.29) is 11.7 Å². The van der Waals surface area contributed by atoms with Crippen molar-refractivity contribution >= 4 is 23.0 Å². The molecule has 2 aromatic carbocycles. The summed E-state index contributed by atoms with van der Waals surface area (Å²) in [6.07, 6.45) is 0. The molecule has 0 atom stereocenters. The van der Waals surface area contributed by atoms with Crippen molar-refractivity contribution in [1.29, 1.82) is 0 Å². The Balaban J connectivity index is 1.52. The van der Waals surface area contributed by atoms with Crippen molar-refractivity contribution in [2.45, 2.75) is 6.92 Å². The van der Waals surface area contributed by atoms with Gasteiger partial charge in [-0.2, -0.15) is 0 Å². The molecular weight excluding hydrogens is 319 g/mol. The zero-order valence-corrected chi connectivity index (χ0v) is 14.3. The first kappa shape index (κ1) is 17.2. The summed E-state index contributed by atoms with van der Waals surface area (Å²) < 4.78 is 13.9. The van der Waals surface area contributed by atoms with Crippen molar-refractivity contribution in [3.8, 4) is 0 Å². The lowest BCUT2D eigenvalue weighted by molar-refractivity contribution is -0.117. The SMILES string of the molecule is Cc1cc(N)ccc1NC(=O)CN1CCN(c2ccccc2F)CC1. The largest absolute Gasteiger partial charge is 0.399 e. The van der Waals surface area contributed by atoms with E-state index in [0.717, 1.165) is 24.3 Å². The van der Waals surface area contributed by atoms with Crippen LogP contribution in [0.5, 0.6) is 0 Å². The first-order chi connectivity index (χ1) is 12.0. The summed E-state index contributed by atoms with van der Waals surface area (Å²) in [6, 6.07) is 12.2. The van der Waals surface area contributed by atoms with Crippen LogP contribution in [0.15, 0.2) is 42.5 Å². The van der Waals surface area contributed by atoms with Gasteiger partial charge >= 0.3 is 0 Å². The average Bonchev–Trinajstić information content (AvgIpc) is 2.59. The number of aryl methyl sites for hydroxylation is 1. The molecule has 1 aliphatic heterocycles. The van der Waals surface area contributed by atoms with E-state index < -0.39 is 0 Å². The van der Waals surface area contributed by atoms with Gasteiger partial charge in [-0.1, -0.05) is 12.1 Å². The van der Waals surface area contributed by atoms with Gasteiger partial charge in [0.1, 0.15) is 5.82 Å². The minimum atomic E-state index is -0.201. The number of hydrogen-bond donors (Lipinski definition) is 2. The van der Waals surface area contributed by atoms with Crippen molar-refractivity contribution in [2.24, 2.45) is 0 Å². The number of para-hydroxylation sites is 1. The first-order valence-electron chi connectivity index (χ1n) is 8.41. The molecule has 0 radical (unpaired) electrons. The van der Waals surface area contributed by atoms with Crippen LogP contribution >= 0.6 is 0 Å². The second-order valence-electron chi connectivity index (χ2n) is 6.34. The molecule has 0 aromatic heterocycles. The lowest BCUT2D eigenvalue weighted by Crippen LogP contribution is -2.48. The van der Waals surface area contributed by atoms with Crippen molar-refractivity contribution in [3.63, 3.8) is 0 Å². The summed E-state index contributed by atoms with van der Waals surface area (Å²) in [7, 11) is 0. The average molecular weight is 342 g/mol. The van der Waals surface area contributed by atoms with Crippen LogP contribution in [0.25, 0.3) is 0 Å². The highest BCUT2D eigenvalue weighted by Gasteiger charge is 2.21. The van der Waals surface area contributed by atoms with Gasteiger partial charge in [-0.15, -0.1) is 0 Å². The number of piperazine rings is 1. The molecule has 1 fully saturated rings. The van der Waals surface area contributed by atoms with Gasteiger partial charge in [-0.3, -0.25) is 9.69 Å². The van der Waals surface area contributed by atoms with Crippen LogP contribution in [-0.2, 0) is 4.79 Å². The number of halogens is 1. The van der Waals surface area contributed by atoms with Crippen molar-refractivity contribution < 1.29 is 9.18 Å². The Hall–Kier alpha value is -2.60. The molecule has 2 aromatic rings. The lowest BCUT2D eigenvalue weighted by Gasteiger charge is -2.35. The van der Waals surface area contributed by atoms with E-state index in [0.29, 0.717) is 31.0 Å². The third kappa shape index (κ3) is 4.28. The van der Waals surface area contributed by atoms with Gasteiger partial charge in [0.25, 0.3) is 0 Å². The summed E-state index contributed by atoms with van der Waals surface area (Å²) in [6.45, 7) is 5.10. The van der Waals surface area contributed by atoms with Crippen LogP contribution in [0.1, 0.15) is 5.56 Å². The summed E-state index contributed by atoms with van der Waals surface area (Å²) in [5.41, 5.74) is 8.76. The minimum Gasteiger partial charge on any atom is -0.399 e. The number of hydrogen-bond acceptors (Lipinski definition) is 4.